The predicted molar refractivity (Wildman–Crippen MR) is 76.3 cm³/mol. The summed E-state index contributed by atoms with van der Waals surface area (Å²) in [5.74, 6) is -0.937. The Kier molecular flexibility index (Phi) is 3.81. The van der Waals surface area contributed by atoms with Gasteiger partial charge in [-0.15, -0.1) is 0 Å². The number of aromatic carboxylic acids is 1. The lowest BCUT2D eigenvalue weighted by atomic mass is 10.2. The molecule has 1 aromatic heterocycles. The second-order valence-corrected chi connectivity index (χ2v) is 4.70. The number of nitrogens with one attached hydrogen (secondary N) is 1. The fraction of sp³-hybridized carbons (Fsp3) is 0.167. The SMILES string of the molecule is Cc1nn(C)c(Nc2ccc(C(=O)O)cc2Cl)c1[N+](=O)[O-]. The molecule has 0 saturated heterocycles. The van der Waals surface area contributed by atoms with Gasteiger partial charge < -0.3 is 10.4 Å². The van der Waals surface area contributed by atoms with Crippen LogP contribution in [0, 0.1) is 17.0 Å². The number of rotatable bonds is 4. The number of nitro groups is 1. The van der Waals surface area contributed by atoms with E-state index in [0.717, 1.165) is 0 Å². The van der Waals surface area contributed by atoms with Crippen molar-refractivity contribution in [2.24, 2.45) is 7.05 Å². The first-order chi connectivity index (χ1) is 9.81. The molecular weight excluding hydrogens is 300 g/mol. The third-order valence-corrected chi connectivity index (χ3v) is 3.16. The number of aromatic nitrogens is 2. The van der Waals surface area contributed by atoms with Crippen LogP contribution < -0.4 is 5.32 Å². The van der Waals surface area contributed by atoms with E-state index < -0.39 is 10.9 Å². The van der Waals surface area contributed by atoms with E-state index in [1.807, 2.05) is 0 Å². The predicted octanol–water partition coefficient (Wildman–Crippen LogP) is 2.73. The molecule has 0 fully saturated rings. The molecule has 0 aliphatic heterocycles. The monoisotopic (exact) mass is 310 g/mol. The van der Waals surface area contributed by atoms with Crippen LogP contribution >= 0.6 is 11.6 Å². The Morgan fingerprint density at radius 3 is 2.71 bits per heavy atom. The van der Waals surface area contributed by atoms with Crippen molar-refractivity contribution in [3.63, 3.8) is 0 Å². The van der Waals surface area contributed by atoms with Gasteiger partial charge in [-0.3, -0.25) is 10.1 Å². The van der Waals surface area contributed by atoms with Gasteiger partial charge in [-0.2, -0.15) is 5.10 Å². The summed E-state index contributed by atoms with van der Waals surface area (Å²) in [6.45, 7) is 1.53. The molecule has 2 rings (SSSR count). The Morgan fingerprint density at radius 2 is 2.19 bits per heavy atom. The van der Waals surface area contributed by atoms with Crippen LogP contribution in [0.4, 0.5) is 17.2 Å². The highest BCUT2D eigenvalue weighted by atomic mass is 35.5. The lowest BCUT2D eigenvalue weighted by Gasteiger charge is -2.08. The third kappa shape index (κ3) is 2.79. The Hall–Kier alpha value is -2.61. The molecule has 0 radical (unpaired) electrons. The molecule has 0 aliphatic carbocycles. The van der Waals surface area contributed by atoms with Crippen molar-refractivity contribution in [1.82, 2.24) is 9.78 Å². The summed E-state index contributed by atoms with van der Waals surface area (Å²) in [6, 6.07) is 4.06. The van der Waals surface area contributed by atoms with Crippen LogP contribution in [0.5, 0.6) is 0 Å². The van der Waals surface area contributed by atoms with Gasteiger partial charge >= 0.3 is 11.7 Å². The molecule has 0 amide bonds. The topological polar surface area (TPSA) is 110 Å². The van der Waals surface area contributed by atoms with E-state index >= 15 is 0 Å². The molecule has 0 saturated carbocycles. The first kappa shape index (κ1) is 14.8. The number of benzene rings is 1. The van der Waals surface area contributed by atoms with Gasteiger partial charge in [-0.1, -0.05) is 11.6 Å². The van der Waals surface area contributed by atoms with Crippen molar-refractivity contribution in [3.8, 4) is 0 Å². The van der Waals surface area contributed by atoms with Gasteiger partial charge in [-0.05, 0) is 25.1 Å². The minimum absolute atomic E-state index is 0.0289. The molecule has 1 heterocycles. The van der Waals surface area contributed by atoms with E-state index in [-0.39, 0.29) is 27.8 Å². The lowest BCUT2D eigenvalue weighted by Crippen LogP contribution is -2.03. The highest BCUT2D eigenvalue weighted by Gasteiger charge is 2.24. The summed E-state index contributed by atoms with van der Waals surface area (Å²) < 4.78 is 1.33. The fourth-order valence-corrected chi connectivity index (χ4v) is 2.11. The quantitative estimate of drug-likeness (QED) is 0.663. The normalized spacial score (nSPS) is 10.4. The van der Waals surface area contributed by atoms with Gasteiger partial charge in [0.1, 0.15) is 5.69 Å². The Labute approximate surface area is 124 Å². The molecule has 2 N–H and O–H groups in total. The van der Waals surface area contributed by atoms with Gasteiger partial charge in [0.15, 0.2) is 0 Å². The standard InChI is InChI=1S/C12H11ClN4O4/c1-6-10(17(20)21)11(16(2)15-6)14-9-4-3-7(12(18)19)5-8(9)13/h3-5,14H,1-2H3,(H,18,19). The van der Waals surface area contributed by atoms with Crippen molar-refractivity contribution in [2.75, 3.05) is 5.32 Å². The first-order valence-electron chi connectivity index (χ1n) is 5.79. The van der Waals surface area contributed by atoms with Gasteiger partial charge in [0.05, 0.1) is 21.2 Å². The van der Waals surface area contributed by atoms with Crippen molar-refractivity contribution >= 4 is 34.8 Å². The van der Waals surface area contributed by atoms with E-state index in [4.69, 9.17) is 16.7 Å². The van der Waals surface area contributed by atoms with Crippen molar-refractivity contribution in [1.29, 1.82) is 0 Å². The maximum atomic E-state index is 11.1. The van der Waals surface area contributed by atoms with Crippen LogP contribution in [-0.4, -0.2) is 25.8 Å². The number of carboxylic acid groups (broad SMARTS) is 1. The largest absolute Gasteiger partial charge is 0.478 e. The Bertz CT molecular complexity index is 741. The average molecular weight is 311 g/mol. The maximum absolute atomic E-state index is 11.1. The van der Waals surface area contributed by atoms with E-state index in [9.17, 15) is 14.9 Å². The molecule has 0 unspecified atom stereocenters. The average Bonchev–Trinajstić information content (AvgIpc) is 2.66. The number of carbonyl (C=O) groups is 1. The lowest BCUT2D eigenvalue weighted by molar-refractivity contribution is -0.384. The van der Waals surface area contributed by atoms with E-state index in [1.54, 1.807) is 7.05 Å². The van der Waals surface area contributed by atoms with Crippen LogP contribution in [0.25, 0.3) is 0 Å². The molecule has 0 aliphatic rings. The maximum Gasteiger partial charge on any atom is 0.335 e. The molecule has 0 spiro atoms. The second-order valence-electron chi connectivity index (χ2n) is 4.29. The summed E-state index contributed by atoms with van der Waals surface area (Å²) in [7, 11) is 1.56. The minimum atomic E-state index is -1.11. The van der Waals surface area contributed by atoms with Gasteiger partial charge in [0.25, 0.3) is 0 Å². The van der Waals surface area contributed by atoms with Crippen LogP contribution in [0.3, 0.4) is 0 Å². The van der Waals surface area contributed by atoms with Gasteiger partial charge in [0.2, 0.25) is 5.82 Å². The van der Waals surface area contributed by atoms with E-state index in [2.05, 4.69) is 10.4 Å². The molecule has 0 atom stereocenters. The Morgan fingerprint density at radius 1 is 1.52 bits per heavy atom. The van der Waals surface area contributed by atoms with Crippen LogP contribution in [-0.2, 0) is 7.05 Å². The van der Waals surface area contributed by atoms with Crippen LogP contribution in [0.2, 0.25) is 5.02 Å². The zero-order valence-electron chi connectivity index (χ0n) is 11.1. The highest BCUT2D eigenvalue weighted by molar-refractivity contribution is 6.33. The van der Waals surface area contributed by atoms with Crippen LogP contribution in [0.15, 0.2) is 18.2 Å². The number of hydrogen-bond donors (Lipinski definition) is 2. The van der Waals surface area contributed by atoms with Crippen LogP contribution in [0.1, 0.15) is 16.1 Å². The highest BCUT2D eigenvalue weighted by Crippen LogP contribution is 2.33. The summed E-state index contributed by atoms with van der Waals surface area (Å²) in [5.41, 5.74) is 0.494. The van der Waals surface area contributed by atoms with Gasteiger partial charge in [-0.25, -0.2) is 9.48 Å². The molecule has 21 heavy (non-hydrogen) atoms. The van der Waals surface area contributed by atoms with E-state index in [0.29, 0.717) is 5.69 Å². The zero-order chi connectivity index (χ0) is 15.7. The smallest absolute Gasteiger partial charge is 0.335 e. The number of anilines is 2. The number of nitrogens with zero attached hydrogens (tertiary/aromatic N) is 3. The number of halogens is 1. The third-order valence-electron chi connectivity index (χ3n) is 2.84. The molecule has 8 nitrogen and oxygen atoms in total. The minimum Gasteiger partial charge on any atom is -0.478 e. The summed E-state index contributed by atoms with van der Waals surface area (Å²) in [4.78, 5) is 21.4. The number of aryl methyl sites for hydroxylation is 2. The number of carboxylic acids is 1. The summed E-state index contributed by atoms with van der Waals surface area (Å²) in [6.07, 6.45) is 0. The zero-order valence-corrected chi connectivity index (χ0v) is 11.9. The molecule has 1 aromatic carbocycles. The molecule has 2 aromatic rings. The molecular formula is C12H11ClN4O4. The summed E-state index contributed by atoms with van der Waals surface area (Å²) >= 11 is 5.99. The summed E-state index contributed by atoms with van der Waals surface area (Å²) in [5, 5.41) is 26.9. The fourth-order valence-electron chi connectivity index (χ4n) is 1.88. The Balaban J connectivity index is 2.44. The van der Waals surface area contributed by atoms with Gasteiger partial charge in [0, 0.05) is 7.05 Å². The molecule has 110 valence electrons. The van der Waals surface area contributed by atoms with Crippen molar-refractivity contribution in [2.45, 2.75) is 6.92 Å². The second kappa shape index (κ2) is 5.41. The van der Waals surface area contributed by atoms with Crippen molar-refractivity contribution in [3.05, 3.63) is 44.6 Å². The molecule has 0 bridgehead atoms. The number of hydrogen-bond acceptors (Lipinski definition) is 5. The molecule has 9 heteroatoms. The van der Waals surface area contributed by atoms with E-state index in [1.165, 1.54) is 29.8 Å². The van der Waals surface area contributed by atoms with Crippen molar-refractivity contribution < 1.29 is 14.8 Å². The first-order valence-corrected chi connectivity index (χ1v) is 6.17.